The molecular formula is C15H23N3S. The maximum atomic E-state index is 4.48. The maximum Gasteiger partial charge on any atom is 0.0562 e. The fourth-order valence-electron chi connectivity index (χ4n) is 2.50. The van der Waals surface area contributed by atoms with Crippen LogP contribution in [0.25, 0.3) is 0 Å². The van der Waals surface area contributed by atoms with Crippen LogP contribution in [-0.4, -0.2) is 35.1 Å². The Morgan fingerprint density at radius 1 is 1.47 bits per heavy atom. The first-order chi connectivity index (χ1) is 9.35. The van der Waals surface area contributed by atoms with Gasteiger partial charge in [0, 0.05) is 48.6 Å². The molecular weight excluding hydrogens is 254 g/mol. The Hall–Kier alpha value is -0.740. The Morgan fingerprint density at radius 2 is 2.37 bits per heavy atom. The van der Waals surface area contributed by atoms with Gasteiger partial charge in [0.2, 0.25) is 0 Å². The number of nitrogens with one attached hydrogen (secondary N) is 1. The van der Waals surface area contributed by atoms with Gasteiger partial charge in [-0.3, -0.25) is 4.98 Å². The van der Waals surface area contributed by atoms with Crippen LogP contribution in [-0.2, 0) is 6.54 Å². The van der Waals surface area contributed by atoms with Crippen LogP contribution in [0.4, 0.5) is 5.69 Å². The van der Waals surface area contributed by atoms with Gasteiger partial charge in [-0.2, -0.15) is 11.8 Å². The molecule has 1 aliphatic carbocycles. The molecule has 3 nitrogen and oxygen atoms in total. The van der Waals surface area contributed by atoms with Gasteiger partial charge in [0.1, 0.15) is 0 Å². The van der Waals surface area contributed by atoms with Gasteiger partial charge in [-0.05, 0) is 31.4 Å². The minimum Gasteiger partial charge on any atom is -0.369 e. The highest BCUT2D eigenvalue weighted by Gasteiger charge is 2.21. The first kappa shape index (κ1) is 13.3. The van der Waals surface area contributed by atoms with Crippen molar-refractivity contribution in [3.63, 3.8) is 0 Å². The van der Waals surface area contributed by atoms with Gasteiger partial charge < -0.3 is 10.2 Å². The quantitative estimate of drug-likeness (QED) is 0.895. The number of pyridine rings is 1. The molecule has 1 aromatic rings. The van der Waals surface area contributed by atoms with Crippen LogP contribution in [0.5, 0.6) is 0 Å². The summed E-state index contributed by atoms with van der Waals surface area (Å²) in [5, 5.41) is 4.32. The summed E-state index contributed by atoms with van der Waals surface area (Å²) in [5.41, 5.74) is 2.53. The van der Waals surface area contributed by atoms with E-state index in [4.69, 9.17) is 0 Å². The van der Waals surface area contributed by atoms with E-state index >= 15 is 0 Å². The topological polar surface area (TPSA) is 28.2 Å². The molecule has 1 saturated heterocycles. The Morgan fingerprint density at radius 3 is 3.16 bits per heavy atom. The second kappa shape index (κ2) is 6.14. The van der Waals surface area contributed by atoms with E-state index in [1.807, 2.05) is 6.20 Å². The number of nitrogens with zero attached hydrogens (tertiary/aromatic N) is 2. The van der Waals surface area contributed by atoms with Gasteiger partial charge >= 0.3 is 0 Å². The SMILES string of the molecule is CCC1CN(c2ccnc(CNC3CC3)c2)CCS1. The van der Waals surface area contributed by atoms with E-state index in [-0.39, 0.29) is 0 Å². The summed E-state index contributed by atoms with van der Waals surface area (Å²) in [6.45, 7) is 5.55. The van der Waals surface area contributed by atoms with Crippen LogP contribution in [0.1, 0.15) is 31.9 Å². The summed E-state index contributed by atoms with van der Waals surface area (Å²) in [6, 6.07) is 5.17. The van der Waals surface area contributed by atoms with Crippen LogP contribution in [0, 0.1) is 0 Å². The van der Waals surface area contributed by atoms with E-state index in [0.717, 1.165) is 17.8 Å². The van der Waals surface area contributed by atoms with Gasteiger partial charge in [-0.25, -0.2) is 0 Å². The number of hydrogen-bond donors (Lipinski definition) is 1. The van der Waals surface area contributed by atoms with Crippen molar-refractivity contribution in [2.24, 2.45) is 0 Å². The average Bonchev–Trinajstić information content (AvgIpc) is 3.30. The number of thioether (sulfide) groups is 1. The zero-order valence-corrected chi connectivity index (χ0v) is 12.5. The fraction of sp³-hybridized carbons (Fsp3) is 0.667. The molecule has 2 heterocycles. The zero-order valence-electron chi connectivity index (χ0n) is 11.6. The lowest BCUT2D eigenvalue weighted by Gasteiger charge is -2.33. The van der Waals surface area contributed by atoms with Crippen LogP contribution in [0.15, 0.2) is 18.3 Å². The van der Waals surface area contributed by atoms with E-state index in [2.05, 4.69) is 46.0 Å². The molecule has 0 amide bonds. The summed E-state index contributed by atoms with van der Waals surface area (Å²) in [7, 11) is 0. The van der Waals surface area contributed by atoms with E-state index in [1.54, 1.807) is 0 Å². The third-order valence-corrected chi connectivity index (χ3v) is 5.28. The van der Waals surface area contributed by atoms with Crippen molar-refractivity contribution in [3.05, 3.63) is 24.0 Å². The molecule has 1 atom stereocenters. The average molecular weight is 277 g/mol. The molecule has 104 valence electrons. The van der Waals surface area contributed by atoms with E-state index in [0.29, 0.717) is 0 Å². The lowest BCUT2D eigenvalue weighted by Crippen LogP contribution is -2.37. The molecule has 4 heteroatoms. The van der Waals surface area contributed by atoms with Gasteiger partial charge in [-0.15, -0.1) is 0 Å². The van der Waals surface area contributed by atoms with Crippen LogP contribution in [0.3, 0.4) is 0 Å². The summed E-state index contributed by atoms with van der Waals surface area (Å²) in [4.78, 5) is 7.00. The molecule has 1 saturated carbocycles. The fourth-order valence-corrected chi connectivity index (χ4v) is 3.68. The lowest BCUT2D eigenvalue weighted by atomic mass is 10.2. The van der Waals surface area contributed by atoms with E-state index in [9.17, 15) is 0 Å². The molecule has 0 spiro atoms. The first-order valence-electron chi connectivity index (χ1n) is 7.40. The molecule has 0 radical (unpaired) electrons. The lowest BCUT2D eigenvalue weighted by molar-refractivity contribution is 0.672. The number of aromatic nitrogens is 1. The highest BCUT2D eigenvalue weighted by molar-refractivity contribution is 8.00. The van der Waals surface area contributed by atoms with Crippen molar-refractivity contribution in [1.29, 1.82) is 0 Å². The van der Waals surface area contributed by atoms with Crippen molar-refractivity contribution in [3.8, 4) is 0 Å². The Labute approximate surface area is 120 Å². The summed E-state index contributed by atoms with van der Waals surface area (Å²) in [5.74, 6) is 1.25. The highest BCUT2D eigenvalue weighted by atomic mass is 32.2. The molecule has 0 bridgehead atoms. The minimum absolute atomic E-state index is 0.751. The van der Waals surface area contributed by atoms with Gasteiger partial charge in [0.05, 0.1) is 5.69 Å². The number of anilines is 1. The summed E-state index contributed by atoms with van der Waals surface area (Å²) >= 11 is 2.12. The second-order valence-corrected chi connectivity index (χ2v) is 6.92. The smallest absolute Gasteiger partial charge is 0.0562 e. The monoisotopic (exact) mass is 277 g/mol. The van der Waals surface area contributed by atoms with Crippen molar-refractivity contribution in [2.45, 2.75) is 44.0 Å². The van der Waals surface area contributed by atoms with E-state index < -0.39 is 0 Å². The molecule has 2 aliphatic rings. The summed E-state index contributed by atoms with van der Waals surface area (Å²) < 4.78 is 0. The standard InChI is InChI=1S/C15H23N3S/c1-2-15-11-18(7-8-19-15)14-5-6-16-13(9-14)10-17-12-3-4-12/h5-6,9,12,15,17H,2-4,7-8,10-11H2,1H3. The largest absolute Gasteiger partial charge is 0.369 e. The van der Waals surface area contributed by atoms with Crippen molar-refractivity contribution < 1.29 is 0 Å². The molecule has 19 heavy (non-hydrogen) atoms. The predicted molar refractivity (Wildman–Crippen MR) is 82.8 cm³/mol. The predicted octanol–water partition coefficient (Wildman–Crippen LogP) is 2.67. The van der Waals surface area contributed by atoms with Crippen molar-refractivity contribution >= 4 is 17.4 Å². The van der Waals surface area contributed by atoms with Gasteiger partial charge in [0.15, 0.2) is 0 Å². The zero-order chi connectivity index (χ0) is 13.1. The number of hydrogen-bond acceptors (Lipinski definition) is 4. The van der Waals surface area contributed by atoms with Crippen LogP contribution >= 0.6 is 11.8 Å². The van der Waals surface area contributed by atoms with Crippen molar-refractivity contribution in [1.82, 2.24) is 10.3 Å². The second-order valence-electron chi connectivity index (χ2n) is 5.51. The first-order valence-corrected chi connectivity index (χ1v) is 8.45. The van der Waals surface area contributed by atoms with Gasteiger partial charge in [-0.1, -0.05) is 6.92 Å². The third kappa shape index (κ3) is 3.63. The molecule has 0 aromatic carbocycles. The molecule has 1 N–H and O–H groups in total. The maximum absolute atomic E-state index is 4.48. The Kier molecular flexibility index (Phi) is 4.28. The molecule has 2 fully saturated rings. The van der Waals surface area contributed by atoms with Crippen LogP contribution in [0.2, 0.25) is 0 Å². The van der Waals surface area contributed by atoms with Crippen LogP contribution < -0.4 is 10.2 Å². The Balaban J connectivity index is 1.63. The molecule has 1 aliphatic heterocycles. The van der Waals surface area contributed by atoms with Gasteiger partial charge in [0.25, 0.3) is 0 Å². The highest BCUT2D eigenvalue weighted by Crippen LogP contribution is 2.26. The molecule has 1 unspecified atom stereocenters. The normalized spacial score (nSPS) is 23.6. The summed E-state index contributed by atoms with van der Waals surface area (Å²) in [6.07, 6.45) is 5.90. The Bertz CT molecular complexity index is 420. The minimum atomic E-state index is 0.751. The number of rotatable bonds is 5. The third-order valence-electron chi connectivity index (χ3n) is 3.91. The molecule has 3 rings (SSSR count). The molecule has 1 aromatic heterocycles. The van der Waals surface area contributed by atoms with E-state index in [1.165, 1.54) is 49.5 Å². The van der Waals surface area contributed by atoms with Crippen molar-refractivity contribution in [2.75, 3.05) is 23.7 Å².